The fourth-order valence-electron chi connectivity index (χ4n) is 3.26. The van der Waals surface area contributed by atoms with Gasteiger partial charge in [-0.1, -0.05) is 36.4 Å². The Balaban J connectivity index is 1.83. The van der Waals surface area contributed by atoms with E-state index in [2.05, 4.69) is 46.4 Å². The van der Waals surface area contributed by atoms with Crippen molar-refractivity contribution in [1.82, 2.24) is 10.6 Å². The van der Waals surface area contributed by atoms with E-state index < -0.39 is 0 Å². The number of anilines is 1. The van der Waals surface area contributed by atoms with Crippen LogP contribution in [0.5, 0.6) is 11.5 Å². The Kier molecular flexibility index (Phi) is 3.33. The number of hydrogen-bond acceptors (Lipinski definition) is 4. The van der Waals surface area contributed by atoms with Crippen LogP contribution in [-0.4, -0.2) is 19.4 Å². The molecule has 2 aliphatic rings. The molecule has 2 aromatic rings. The van der Waals surface area contributed by atoms with Crippen molar-refractivity contribution in [2.45, 2.75) is 12.3 Å². The Labute approximate surface area is 130 Å². The lowest BCUT2D eigenvalue weighted by molar-refractivity contribution is 0.475. The van der Waals surface area contributed by atoms with Gasteiger partial charge in [0.1, 0.15) is 12.0 Å². The van der Waals surface area contributed by atoms with Crippen LogP contribution in [0.2, 0.25) is 0 Å². The molecule has 4 nitrogen and oxygen atoms in total. The molecule has 2 N–H and O–H groups in total. The maximum atomic E-state index is 6.17. The van der Waals surface area contributed by atoms with Crippen LogP contribution in [0, 0.1) is 0 Å². The molecule has 4 heteroatoms. The van der Waals surface area contributed by atoms with Crippen LogP contribution in [0.15, 0.2) is 61.2 Å². The van der Waals surface area contributed by atoms with E-state index in [4.69, 9.17) is 4.74 Å². The highest BCUT2D eigenvalue weighted by atomic mass is 16.5. The van der Waals surface area contributed by atoms with Gasteiger partial charge in [0.2, 0.25) is 0 Å². The van der Waals surface area contributed by atoms with Crippen molar-refractivity contribution in [2.75, 3.05) is 18.0 Å². The summed E-state index contributed by atoms with van der Waals surface area (Å²) in [5.74, 6) is 1.83. The van der Waals surface area contributed by atoms with Crippen LogP contribution in [0.1, 0.15) is 11.6 Å². The number of para-hydroxylation sites is 3. The molecule has 2 atom stereocenters. The van der Waals surface area contributed by atoms with Gasteiger partial charge in [0.15, 0.2) is 5.75 Å². The van der Waals surface area contributed by atoms with Gasteiger partial charge in [0, 0.05) is 18.7 Å². The fraction of sp³-hybridized carbons (Fsp3) is 0.222. The quantitative estimate of drug-likeness (QED) is 0.853. The summed E-state index contributed by atoms with van der Waals surface area (Å²) in [7, 11) is 0. The molecule has 2 unspecified atom stereocenters. The van der Waals surface area contributed by atoms with Crippen molar-refractivity contribution in [3.8, 4) is 11.5 Å². The van der Waals surface area contributed by atoms with Gasteiger partial charge in [-0.3, -0.25) is 10.6 Å². The molecule has 4 rings (SSSR count). The second kappa shape index (κ2) is 5.48. The first-order valence-electron chi connectivity index (χ1n) is 7.60. The first kappa shape index (κ1) is 13.4. The first-order chi connectivity index (χ1) is 10.9. The monoisotopic (exact) mass is 293 g/mol. The van der Waals surface area contributed by atoms with Gasteiger partial charge in [-0.05, 0) is 18.2 Å². The summed E-state index contributed by atoms with van der Waals surface area (Å²) >= 11 is 0. The third kappa shape index (κ3) is 2.08. The summed E-state index contributed by atoms with van der Waals surface area (Å²) in [6.45, 7) is 5.42. The lowest BCUT2D eigenvalue weighted by Gasteiger charge is -2.30. The maximum absolute atomic E-state index is 6.17. The van der Waals surface area contributed by atoms with Crippen LogP contribution in [0.25, 0.3) is 0 Å². The first-order valence-corrected chi connectivity index (χ1v) is 7.60. The van der Waals surface area contributed by atoms with Gasteiger partial charge in [0.25, 0.3) is 0 Å². The molecule has 22 heavy (non-hydrogen) atoms. The summed E-state index contributed by atoms with van der Waals surface area (Å²) < 4.78 is 6.17. The van der Waals surface area contributed by atoms with Crippen molar-refractivity contribution < 1.29 is 4.74 Å². The van der Waals surface area contributed by atoms with E-state index in [1.54, 1.807) is 0 Å². The average molecular weight is 293 g/mol. The van der Waals surface area contributed by atoms with E-state index in [0.29, 0.717) is 0 Å². The Hall–Kier alpha value is -2.30. The minimum absolute atomic E-state index is 0.0684. The number of benzene rings is 2. The Morgan fingerprint density at radius 3 is 2.82 bits per heavy atom. The summed E-state index contributed by atoms with van der Waals surface area (Å²) in [4.78, 5) is 2.37. The van der Waals surface area contributed by atoms with E-state index in [0.717, 1.165) is 30.3 Å². The van der Waals surface area contributed by atoms with Gasteiger partial charge in [-0.25, -0.2) is 0 Å². The highest BCUT2D eigenvalue weighted by Crippen LogP contribution is 2.45. The largest absolute Gasteiger partial charge is 0.455 e. The number of ether oxygens (including phenoxy) is 1. The van der Waals surface area contributed by atoms with Gasteiger partial charge in [-0.15, -0.1) is 6.58 Å². The van der Waals surface area contributed by atoms with Crippen LogP contribution in [-0.2, 0) is 0 Å². The average Bonchev–Trinajstić information content (AvgIpc) is 2.91. The molecule has 0 amide bonds. The SMILES string of the molecule is C=CCNC1NCC2c3ccccc3Oc3ccccc3N12. The summed E-state index contributed by atoms with van der Waals surface area (Å²) in [5.41, 5.74) is 2.32. The molecule has 0 aliphatic carbocycles. The minimum Gasteiger partial charge on any atom is -0.455 e. The predicted octanol–water partition coefficient (Wildman–Crippen LogP) is 3.00. The van der Waals surface area contributed by atoms with Crippen molar-refractivity contribution >= 4 is 5.69 Å². The van der Waals surface area contributed by atoms with Crippen LogP contribution in [0.3, 0.4) is 0 Å². The van der Waals surface area contributed by atoms with Crippen molar-refractivity contribution in [3.63, 3.8) is 0 Å². The molecule has 0 radical (unpaired) electrons. The molecule has 0 saturated carbocycles. The number of hydrogen-bond donors (Lipinski definition) is 2. The third-order valence-electron chi connectivity index (χ3n) is 4.22. The zero-order chi connectivity index (χ0) is 14.9. The van der Waals surface area contributed by atoms with E-state index >= 15 is 0 Å². The Morgan fingerprint density at radius 2 is 1.95 bits per heavy atom. The van der Waals surface area contributed by atoms with E-state index in [1.165, 1.54) is 5.56 Å². The maximum Gasteiger partial charge on any atom is 0.150 e. The molecular formula is C18H19N3O. The molecule has 2 aliphatic heterocycles. The smallest absolute Gasteiger partial charge is 0.150 e. The Morgan fingerprint density at radius 1 is 1.18 bits per heavy atom. The summed E-state index contributed by atoms with van der Waals surface area (Å²) in [6, 6.07) is 16.7. The van der Waals surface area contributed by atoms with Crippen LogP contribution in [0.4, 0.5) is 5.69 Å². The van der Waals surface area contributed by atoms with E-state index in [9.17, 15) is 0 Å². The summed E-state index contributed by atoms with van der Waals surface area (Å²) in [6.07, 6.45) is 1.95. The second-order valence-electron chi connectivity index (χ2n) is 5.54. The van der Waals surface area contributed by atoms with E-state index in [-0.39, 0.29) is 12.3 Å². The molecule has 2 heterocycles. The van der Waals surface area contributed by atoms with Crippen molar-refractivity contribution in [2.24, 2.45) is 0 Å². The zero-order valence-electron chi connectivity index (χ0n) is 12.3. The number of nitrogens with one attached hydrogen (secondary N) is 2. The van der Waals surface area contributed by atoms with Gasteiger partial charge in [-0.2, -0.15) is 0 Å². The minimum atomic E-state index is 0.0684. The number of fused-ring (bicyclic) bond motifs is 5. The number of nitrogens with zero attached hydrogens (tertiary/aromatic N) is 1. The van der Waals surface area contributed by atoms with Crippen LogP contribution < -0.4 is 20.3 Å². The lowest BCUT2D eigenvalue weighted by Crippen LogP contribution is -2.48. The zero-order valence-corrected chi connectivity index (χ0v) is 12.3. The topological polar surface area (TPSA) is 36.5 Å². The molecule has 2 aromatic carbocycles. The number of rotatable bonds is 3. The third-order valence-corrected chi connectivity index (χ3v) is 4.22. The standard InChI is InChI=1S/C18H19N3O/c1-2-11-19-18-20-12-15-13-7-3-5-9-16(13)22-17-10-6-4-8-14(17)21(15)18/h2-10,15,18-20H,1,11-12H2. The van der Waals surface area contributed by atoms with E-state index in [1.807, 2.05) is 30.3 Å². The second-order valence-corrected chi connectivity index (χ2v) is 5.54. The van der Waals surface area contributed by atoms with Crippen LogP contribution >= 0.6 is 0 Å². The summed E-state index contributed by atoms with van der Waals surface area (Å²) in [5, 5.41) is 7.03. The molecule has 0 spiro atoms. The Bertz CT molecular complexity index is 700. The van der Waals surface area contributed by atoms with Gasteiger partial charge >= 0.3 is 0 Å². The van der Waals surface area contributed by atoms with Crippen molar-refractivity contribution in [3.05, 3.63) is 66.7 Å². The molecule has 0 aromatic heterocycles. The molecule has 1 fully saturated rings. The molecule has 112 valence electrons. The molecular weight excluding hydrogens is 274 g/mol. The highest BCUT2D eigenvalue weighted by molar-refractivity contribution is 5.65. The normalized spacial score (nSPS) is 22.1. The highest BCUT2D eigenvalue weighted by Gasteiger charge is 2.38. The van der Waals surface area contributed by atoms with Gasteiger partial charge in [0.05, 0.1) is 11.7 Å². The lowest BCUT2D eigenvalue weighted by atomic mass is 10.1. The molecule has 0 bridgehead atoms. The predicted molar refractivity (Wildman–Crippen MR) is 88.2 cm³/mol. The molecule has 1 saturated heterocycles. The van der Waals surface area contributed by atoms with Crippen molar-refractivity contribution in [1.29, 1.82) is 0 Å². The van der Waals surface area contributed by atoms with Gasteiger partial charge < -0.3 is 9.64 Å². The fourth-order valence-corrected chi connectivity index (χ4v) is 3.26.